The Bertz CT molecular complexity index is 586. The summed E-state index contributed by atoms with van der Waals surface area (Å²) < 4.78 is 5.43. The molecule has 0 aromatic carbocycles. The van der Waals surface area contributed by atoms with Crippen molar-refractivity contribution in [1.29, 1.82) is 0 Å². The lowest BCUT2D eigenvalue weighted by atomic mass is 10.0. The van der Waals surface area contributed by atoms with Crippen molar-refractivity contribution in [1.82, 2.24) is 20.4 Å². The van der Waals surface area contributed by atoms with Crippen LogP contribution < -0.4 is 5.32 Å². The fourth-order valence-electron chi connectivity index (χ4n) is 2.79. The van der Waals surface area contributed by atoms with Gasteiger partial charge in [0.05, 0.1) is 10.9 Å². The number of hydrogen-bond donors (Lipinski definition) is 1. The number of nitrogens with zero attached hydrogens (tertiary/aromatic N) is 3. The molecule has 1 fully saturated rings. The Kier molecular flexibility index (Phi) is 3.98. The van der Waals surface area contributed by atoms with Crippen molar-refractivity contribution in [2.24, 2.45) is 0 Å². The average Bonchev–Trinajstić information content (AvgIpc) is 3.08. The van der Waals surface area contributed by atoms with E-state index in [0.29, 0.717) is 34.4 Å². The highest BCUT2D eigenvalue weighted by Crippen LogP contribution is 2.34. The van der Waals surface area contributed by atoms with E-state index >= 15 is 0 Å². The van der Waals surface area contributed by atoms with E-state index in [1.807, 2.05) is 0 Å². The summed E-state index contributed by atoms with van der Waals surface area (Å²) in [6.07, 6.45) is 5.09. The topological polar surface area (TPSA) is 63.8 Å². The first kappa shape index (κ1) is 13.5. The van der Waals surface area contributed by atoms with Crippen LogP contribution in [0.5, 0.6) is 0 Å². The summed E-state index contributed by atoms with van der Waals surface area (Å²) in [5, 5.41) is 8.05. The number of nitrogens with one attached hydrogen (secondary N) is 1. The van der Waals surface area contributed by atoms with Crippen LogP contribution in [-0.2, 0) is 0 Å². The molecule has 6 heteroatoms. The molecule has 5 nitrogen and oxygen atoms in total. The van der Waals surface area contributed by atoms with E-state index in [0.717, 1.165) is 19.4 Å². The minimum Gasteiger partial charge on any atom is -0.339 e. The van der Waals surface area contributed by atoms with E-state index in [1.165, 1.54) is 6.42 Å². The highest BCUT2D eigenvalue weighted by molar-refractivity contribution is 6.32. The first-order valence-corrected chi connectivity index (χ1v) is 7.35. The Balaban J connectivity index is 1.85. The molecule has 2 heterocycles. The summed E-state index contributed by atoms with van der Waals surface area (Å²) in [5.41, 5.74) is 0.571. The van der Waals surface area contributed by atoms with E-state index < -0.39 is 0 Å². The maximum absolute atomic E-state index is 6.11. The zero-order valence-corrected chi connectivity index (χ0v) is 12.1. The van der Waals surface area contributed by atoms with E-state index in [9.17, 15) is 0 Å². The largest absolute Gasteiger partial charge is 0.339 e. The van der Waals surface area contributed by atoms with Crippen LogP contribution in [0.4, 0.5) is 0 Å². The quantitative estimate of drug-likeness (QED) is 0.938. The van der Waals surface area contributed by atoms with Crippen LogP contribution in [0.3, 0.4) is 0 Å². The molecule has 3 rings (SSSR count). The predicted molar refractivity (Wildman–Crippen MR) is 76.6 cm³/mol. The number of halogens is 1. The van der Waals surface area contributed by atoms with Crippen molar-refractivity contribution in [2.45, 2.75) is 38.1 Å². The van der Waals surface area contributed by atoms with Gasteiger partial charge in [-0.1, -0.05) is 30.1 Å². The molecule has 0 radical (unpaired) electrons. The third-order valence-electron chi connectivity index (χ3n) is 3.71. The standard InChI is InChI=1S/C14H17ClN4O/c1-2-16-11-7-3-5-9(11)14-18-13(19-20-14)12-10(15)6-4-8-17-12/h4,6,8-9,11,16H,2-3,5,7H2,1H3. The summed E-state index contributed by atoms with van der Waals surface area (Å²) in [6.45, 7) is 3.07. The molecule has 0 bridgehead atoms. The molecule has 2 aromatic rings. The van der Waals surface area contributed by atoms with Crippen LogP contribution in [0.2, 0.25) is 5.02 Å². The molecular weight excluding hydrogens is 276 g/mol. The molecule has 1 aliphatic rings. The van der Waals surface area contributed by atoms with Gasteiger partial charge >= 0.3 is 0 Å². The molecule has 2 unspecified atom stereocenters. The monoisotopic (exact) mass is 292 g/mol. The van der Waals surface area contributed by atoms with Crippen molar-refractivity contribution in [3.8, 4) is 11.5 Å². The number of hydrogen-bond acceptors (Lipinski definition) is 5. The van der Waals surface area contributed by atoms with Crippen LogP contribution in [0.1, 0.15) is 38.0 Å². The lowest BCUT2D eigenvalue weighted by molar-refractivity contribution is 0.332. The zero-order valence-electron chi connectivity index (χ0n) is 11.3. The van der Waals surface area contributed by atoms with Crippen molar-refractivity contribution in [3.63, 3.8) is 0 Å². The Labute approximate surface area is 122 Å². The molecule has 1 N–H and O–H groups in total. The van der Waals surface area contributed by atoms with E-state index in [-0.39, 0.29) is 0 Å². The number of pyridine rings is 1. The van der Waals surface area contributed by atoms with Crippen molar-refractivity contribution < 1.29 is 4.52 Å². The first-order chi connectivity index (χ1) is 9.79. The highest BCUT2D eigenvalue weighted by atomic mass is 35.5. The fourth-order valence-corrected chi connectivity index (χ4v) is 3.00. The SMILES string of the molecule is CCNC1CCCC1c1nc(-c2ncccc2Cl)no1. The molecular formula is C14H17ClN4O. The third kappa shape index (κ3) is 2.55. The second-order valence-corrected chi connectivity index (χ2v) is 5.40. The van der Waals surface area contributed by atoms with Gasteiger partial charge in [0.2, 0.25) is 11.7 Å². The average molecular weight is 293 g/mol. The van der Waals surface area contributed by atoms with Gasteiger partial charge in [0.15, 0.2) is 0 Å². The summed E-state index contributed by atoms with van der Waals surface area (Å²) in [4.78, 5) is 8.70. The first-order valence-electron chi connectivity index (χ1n) is 6.97. The van der Waals surface area contributed by atoms with E-state index in [2.05, 4.69) is 27.4 Å². The minimum absolute atomic E-state index is 0.290. The van der Waals surface area contributed by atoms with Gasteiger partial charge in [-0.2, -0.15) is 4.98 Å². The van der Waals surface area contributed by atoms with Gasteiger partial charge in [0, 0.05) is 12.2 Å². The van der Waals surface area contributed by atoms with Gasteiger partial charge in [0.1, 0.15) is 5.69 Å². The van der Waals surface area contributed by atoms with Crippen LogP contribution in [0, 0.1) is 0 Å². The third-order valence-corrected chi connectivity index (χ3v) is 4.02. The summed E-state index contributed by atoms with van der Waals surface area (Å²) in [7, 11) is 0. The van der Waals surface area contributed by atoms with Crippen LogP contribution in [-0.4, -0.2) is 27.7 Å². The molecule has 0 amide bonds. The predicted octanol–water partition coefficient (Wildman–Crippen LogP) is 3.03. The van der Waals surface area contributed by atoms with Crippen molar-refractivity contribution in [2.75, 3.05) is 6.54 Å². The van der Waals surface area contributed by atoms with Gasteiger partial charge in [-0.15, -0.1) is 0 Å². The van der Waals surface area contributed by atoms with Crippen LogP contribution >= 0.6 is 11.6 Å². The van der Waals surface area contributed by atoms with Gasteiger partial charge in [0.25, 0.3) is 0 Å². The van der Waals surface area contributed by atoms with Gasteiger partial charge in [-0.3, -0.25) is 4.98 Å². The minimum atomic E-state index is 0.290. The Morgan fingerprint density at radius 1 is 1.45 bits per heavy atom. The molecule has 106 valence electrons. The molecule has 0 aliphatic heterocycles. The Morgan fingerprint density at radius 2 is 2.35 bits per heavy atom. The fraction of sp³-hybridized carbons (Fsp3) is 0.500. The highest BCUT2D eigenvalue weighted by Gasteiger charge is 2.32. The molecule has 1 aliphatic carbocycles. The molecule has 0 spiro atoms. The molecule has 2 atom stereocenters. The van der Waals surface area contributed by atoms with Crippen LogP contribution in [0.25, 0.3) is 11.5 Å². The van der Waals surface area contributed by atoms with Gasteiger partial charge in [-0.25, -0.2) is 0 Å². The summed E-state index contributed by atoms with van der Waals surface area (Å²) >= 11 is 6.11. The van der Waals surface area contributed by atoms with Gasteiger partial charge in [-0.05, 0) is 31.5 Å². The molecule has 2 aromatic heterocycles. The molecule has 1 saturated carbocycles. The molecule has 20 heavy (non-hydrogen) atoms. The Morgan fingerprint density at radius 3 is 3.15 bits per heavy atom. The van der Waals surface area contributed by atoms with Crippen molar-refractivity contribution in [3.05, 3.63) is 29.2 Å². The Hall–Kier alpha value is -1.46. The second-order valence-electron chi connectivity index (χ2n) is 4.99. The number of likely N-dealkylation sites (N-methyl/N-ethyl adjacent to an activating group) is 1. The normalized spacial score (nSPS) is 22.3. The summed E-state index contributed by atoms with van der Waals surface area (Å²) in [6, 6.07) is 3.98. The summed E-state index contributed by atoms with van der Waals surface area (Å²) in [5.74, 6) is 1.44. The second kappa shape index (κ2) is 5.89. The van der Waals surface area contributed by atoms with Crippen LogP contribution in [0.15, 0.2) is 22.9 Å². The lowest BCUT2D eigenvalue weighted by Gasteiger charge is -2.16. The number of aromatic nitrogens is 3. The number of rotatable bonds is 4. The van der Waals surface area contributed by atoms with E-state index in [4.69, 9.17) is 16.1 Å². The maximum Gasteiger partial charge on any atom is 0.231 e. The van der Waals surface area contributed by atoms with E-state index in [1.54, 1.807) is 18.3 Å². The lowest BCUT2D eigenvalue weighted by Crippen LogP contribution is -2.31. The van der Waals surface area contributed by atoms with Gasteiger partial charge < -0.3 is 9.84 Å². The molecule has 0 saturated heterocycles. The smallest absolute Gasteiger partial charge is 0.231 e. The maximum atomic E-state index is 6.11. The zero-order chi connectivity index (χ0) is 13.9. The van der Waals surface area contributed by atoms with Crippen molar-refractivity contribution >= 4 is 11.6 Å².